The van der Waals surface area contributed by atoms with Crippen LogP contribution in [0.2, 0.25) is 0 Å². The van der Waals surface area contributed by atoms with Crippen LogP contribution in [-0.4, -0.2) is 43.2 Å². The lowest BCUT2D eigenvalue weighted by atomic mass is 10.1. The Morgan fingerprint density at radius 2 is 2.40 bits per heavy atom. The molecule has 1 aliphatic heterocycles. The van der Waals surface area contributed by atoms with Gasteiger partial charge in [-0.05, 0) is 24.6 Å². The Hall–Kier alpha value is -1.83. The van der Waals surface area contributed by atoms with Crippen LogP contribution in [0.15, 0.2) is 24.3 Å². The number of morpholine rings is 1. The molecule has 0 spiro atoms. The normalized spacial score (nSPS) is 18.3. The number of carbonyl (C=O) groups excluding carboxylic acids is 1. The highest BCUT2D eigenvalue weighted by Crippen LogP contribution is 2.15. The van der Waals surface area contributed by atoms with Crippen molar-refractivity contribution in [2.24, 2.45) is 5.73 Å². The maximum Gasteiger partial charge on any atom is 0.254 e. The summed E-state index contributed by atoms with van der Waals surface area (Å²) < 4.78 is 5.44. The van der Waals surface area contributed by atoms with Gasteiger partial charge in [0.1, 0.15) is 0 Å². The highest BCUT2D eigenvalue weighted by Gasteiger charge is 2.26. The van der Waals surface area contributed by atoms with Gasteiger partial charge < -0.3 is 15.4 Å². The SMILES string of the molecule is CCC1COCCN1C(=O)c1cccc(C#CCN)c1. The third-order valence-corrected chi connectivity index (χ3v) is 3.40. The number of carbonyl (C=O) groups is 1. The first-order valence-corrected chi connectivity index (χ1v) is 6.94. The monoisotopic (exact) mass is 272 g/mol. The molecule has 0 aromatic heterocycles. The molecule has 1 fully saturated rings. The summed E-state index contributed by atoms with van der Waals surface area (Å²) in [6.07, 6.45) is 0.901. The molecule has 0 saturated carbocycles. The van der Waals surface area contributed by atoms with Gasteiger partial charge in [0.25, 0.3) is 5.91 Å². The van der Waals surface area contributed by atoms with Gasteiger partial charge in [-0.1, -0.05) is 24.8 Å². The number of hydrogen-bond donors (Lipinski definition) is 1. The third kappa shape index (κ3) is 3.38. The van der Waals surface area contributed by atoms with Crippen molar-refractivity contribution in [2.75, 3.05) is 26.3 Å². The van der Waals surface area contributed by atoms with Gasteiger partial charge in [-0.3, -0.25) is 4.79 Å². The largest absolute Gasteiger partial charge is 0.377 e. The highest BCUT2D eigenvalue weighted by molar-refractivity contribution is 5.94. The first-order chi connectivity index (χ1) is 9.76. The molecule has 4 heteroatoms. The van der Waals surface area contributed by atoms with Crippen LogP contribution in [0.4, 0.5) is 0 Å². The van der Waals surface area contributed by atoms with Crippen LogP contribution in [0.25, 0.3) is 0 Å². The summed E-state index contributed by atoms with van der Waals surface area (Å²) in [4.78, 5) is 14.5. The average molecular weight is 272 g/mol. The third-order valence-electron chi connectivity index (χ3n) is 3.40. The first kappa shape index (κ1) is 14.6. The van der Waals surface area contributed by atoms with Crippen molar-refractivity contribution >= 4 is 5.91 Å². The number of benzene rings is 1. The minimum absolute atomic E-state index is 0.0524. The summed E-state index contributed by atoms with van der Waals surface area (Å²) >= 11 is 0. The summed E-state index contributed by atoms with van der Waals surface area (Å²) in [5, 5.41) is 0. The quantitative estimate of drug-likeness (QED) is 0.824. The molecule has 4 nitrogen and oxygen atoms in total. The van der Waals surface area contributed by atoms with E-state index in [1.807, 2.05) is 29.2 Å². The van der Waals surface area contributed by atoms with Gasteiger partial charge in [0.2, 0.25) is 0 Å². The topological polar surface area (TPSA) is 55.6 Å². The number of amides is 1. The van der Waals surface area contributed by atoms with Crippen LogP contribution in [0.5, 0.6) is 0 Å². The number of nitrogens with zero attached hydrogens (tertiary/aromatic N) is 1. The average Bonchev–Trinajstić information content (AvgIpc) is 2.52. The van der Waals surface area contributed by atoms with E-state index >= 15 is 0 Å². The molecule has 1 unspecified atom stereocenters. The van der Waals surface area contributed by atoms with E-state index in [0.29, 0.717) is 31.9 Å². The predicted octanol–water partition coefficient (Wildman–Crippen LogP) is 1.25. The van der Waals surface area contributed by atoms with Gasteiger partial charge in [-0.15, -0.1) is 0 Å². The van der Waals surface area contributed by atoms with E-state index in [0.717, 1.165) is 12.0 Å². The van der Waals surface area contributed by atoms with Gasteiger partial charge in [-0.2, -0.15) is 0 Å². The van der Waals surface area contributed by atoms with Gasteiger partial charge in [0.15, 0.2) is 0 Å². The first-order valence-electron chi connectivity index (χ1n) is 6.94. The lowest BCUT2D eigenvalue weighted by molar-refractivity contribution is -0.00279. The second-order valence-electron chi connectivity index (χ2n) is 4.72. The van der Waals surface area contributed by atoms with E-state index < -0.39 is 0 Å². The Kier molecular flexibility index (Phi) is 5.16. The molecule has 1 aliphatic rings. The molecule has 20 heavy (non-hydrogen) atoms. The summed E-state index contributed by atoms with van der Waals surface area (Å²) in [5.74, 6) is 5.81. The summed E-state index contributed by atoms with van der Waals surface area (Å²) in [5.41, 5.74) is 6.86. The molecule has 1 saturated heterocycles. The molecule has 106 valence electrons. The molecule has 0 radical (unpaired) electrons. The predicted molar refractivity (Wildman–Crippen MR) is 78.3 cm³/mol. The van der Waals surface area contributed by atoms with E-state index in [-0.39, 0.29) is 11.9 Å². The Labute approximate surface area is 119 Å². The zero-order valence-corrected chi connectivity index (χ0v) is 11.8. The van der Waals surface area contributed by atoms with Crippen molar-refractivity contribution in [2.45, 2.75) is 19.4 Å². The Morgan fingerprint density at radius 3 is 3.15 bits per heavy atom. The Balaban J connectivity index is 2.19. The molecule has 1 amide bonds. The van der Waals surface area contributed by atoms with Crippen molar-refractivity contribution in [1.82, 2.24) is 4.90 Å². The molecule has 2 N–H and O–H groups in total. The molecule has 1 atom stereocenters. The highest BCUT2D eigenvalue weighted by atomic mass is 16.5. The van der Waals surface area contributed by atoms with E-state index in [9.17, 15) is 4.79 Å². The second-order valence-corrected chi connectivity index (χ2v) is 4.72. The summed E-state index contributed by atoms with van der Waals surface area (Å²) in [6.45, 7) is 4.27. The molecule has 0 bridgehead atoms. The molecule has 2 rings (SSSR count). The molecule has 1 heterocycles. The lowest BCUT2D eigenvalue weighted by Gasteiger charge is -2.35. The maximum absolute atomic E-state index is 12.6. The summed E-state index contributed by atoms with van der Waals surface area (Å²) in [6, 6.07) is 7.56. The van der Waals surface area contributed by atoms with Crippen molar-refractivity contribution < 1.29 is 9.53 Å². The van der Waals surface area contributed by atoms with Gasteiger partial charge >= 0.3 is 0 Å². The van der Waals surface area contributed by atoms with E-state index in [1.54, 1.807) is 0 Å². The molecule has 1 aromatic carbocycles. The van der Waals surface area contributed by atoms with Crippen LogP contribution in [-0.2, 0) is 4.74 Å². The molecular formula is C16H20N2O2. The number of ether oxygens (including phenoxy) is 1. The minimum atomic E-state index is 0.0524. The van der Waals surface area contributed by atoms with Crippen molar-refractivity contribution in [1.29, 1.82) is 0 Å². The standard InChI is InChI=1S/C16H20N2O2/c1-2-15-12-20-10-9-18(15)16(19)14-7-3-5-13(11-14)6-4-8-17/h3,5,7,11,15H,2,8-10,12,17H2,1H3. The van der Waals surface area contributed by atoms with Crippen LogP contribution in [0, 0.1) is 11.8 Å². The van der Waals surface area contributed by atoms with Gasteiger partial charge in [0.05, 0.1) is 25.8 Å². The molecular weight excluding hydrogens is 252 g/mol. The Bertz CT molecular complexity index is 531. The zero-order chi connectivity index (χ0) is 14.4. The van der Waals surface area contributed by atoms with Crippen molar-refractivity contribution in [3.8, 4) is 11.8 Å². The van der Waals surface area contributed by atoms with Crippen LogP contribution in [0.1, 0.15) is 29.3 Å². The van der Waals surface area contributed by atoms with E-state index in [1.165, 1.54) is 0 Å². The minimum Gasteiger partial charge on any atom is -0.377 e. The molecule has 1 aromatic rings. The van der Waals surface area contributed by atoms with Crippen LogP contribution in [0.3, 0.4) is 0 Å². The van der Waals surface area contributed by atoms with Crippen molar-refractivity contribution in [3.63, 3.8) is 0 Å². The van der Waals surface area contributed by atoms with E-state index in [2.05, 4.69) is 18.8 Å². The fourth-order valence-electron chi connectivity index (χ4n) is 2.31. The maximum atomic E-state index is 12.6. The van der Waals surface area contributed by atoms with E-state index in [4.69, 9.17) is 10.5 Å². The van der Waals surface area contributed by atoms with Gasteiger partial charge in [0, 0.05) is 17.7 Å². The van der Waals surface area contributed by atoms with Crippen LogP contribution >= 0.6 is 0 Å². The van der Waals surface area contributed by atoms with Crippen LogP contribution < -0.4 is 5.73 Å². The van der Waals surface area contributed by atoms with Crippen molar-refractivity contribution in [3.05, 3.63) is 35.4 Å². The molecule has 0 aliphatic carbocycles. The number of rotatable bonds is 2. The van der Waals surface area contributed by atoms with Gasteiger partial charge in [-0.25, -0.2) is 0 Å². The fraction of sp³-hybridized carbons (Fsp3) is 0.438. The zero-order valence-electron chi connectivity index (χ0n) is 11.8. The smallest absolute Gasteiger partial charge is 0.254 e. The summed E-state index contributed by atoms with van der Waals surface area (Å²) in [7, 11) is 0. The lowest BCUT2D eigenvalue weighted by Crippen LogP contribution is -2.48. The number of nitrogens with two attached hydrogens (primary N) is 1. The fourth-order valence-corrected chi connectivity index (χ4v) is 2.31. The Morgan fingerprint density at radius 1 is 1.55 bits per heavy atom. The second kappa shape index (κ2) is 7.09. The number of hydrogen-bond acceptors (Lipinski definition) is 3.